The van der Waals surface area contributed by atoms with E-state index in [1.165, 1.54) is 11.1 Å². The highest BCUT2D eigenvalue weighted by atomic mass is 35.5. The van der Waals surface area contributed by atoms with Gasteiger partial charge in [0.15, 0.2) is 5.60 Å². The first-order valence-electron chi connectivity index (χ1n) is 14.0. The number of allylic oxidation sites excluding steroid dienone is 1. The van der Waals surface area contributed by atoms with E-state index in [0.29, 0.717) is 24.4 Å². The van der Waals surface area contributed by atoms with Gasteiger partial charge in [0, 0.05) is 49.2 Å². The van der Waals surface area contributed by atoms with Crippen molar-refractivity contribution in [3.05, 3.63) is 82.5 Å². The summed E-state index contributed by atoms with van der Waals surface area (Å²) in [6.45, 7) is 6.94. The van der Waals surface area contributed by atoms with E-state index < -0.39 is 11.6 Å². The molecular formula is C32H39ClN2O4. The van der Waals surface area contributed by atoms with Crippen LogP contribution in [0.25, 0.3) is 0 Å². The van der Waals surface area contributed by atoms with Crippen LogP contribution in [0.4, 0.5) is 5.69 Å². The lowest BCUT2D eigenvalue weighted by Crippen LogP contribution is -2.46. The highest BCUT2D eigenvalue weighted by Gasteiger charge is 2.43. The van der Waals surface area contributed by atoms with Crippen LogP contribution in [0.3, 0.4) is 0 Å². The molecule has 39 heavy (non-hydrogen) atoms. The number of carboxylic acids is 1. The fraction of sp³-hybridized carbons (Fsp3) is 0.469. The molecule has 3 aliphatic rings. The molecule has 208 valence electrons. The van der Waals surface area contributed by atoms with E-state index in [1.54, 1.807) is 6.07 Å². The lowest BCUT2D eigenvalue weighted by molar-refractivity contribution is -0.160. The molecule has 0 amide bonds. The van der Waals surface area contributed by atoms with Crippen molar-refractivity contribution in [3.63, 3.8) is 0 Å². The van der Waals surface area contributed by atoms with E-state index >= 15 is 0 Å². The molecule has 6 nitrogen and oxygen atoms in total. The molecule has 0 saturated carbocycles. The first kappa shape index (κ1) is 27.6. The second kappa shape index (κ2) is 11.3. The van der Waals surface area contributed by atoms with Crippen molar-refractivity contribution in [2.24, 2.45) is 0 Å². The average molecular weight is 551 g/mol. The van der Waals surface area contributed by atoms with Crippen molar-refractivity contribution in [1.29, 1.82) is 0 Å². The Bertz CT molecular complexity index is 1280. The number of aliphatic hydroxyl groups is 1. The first-order chi connectivity index (χ1) is 18.7. The second-order valence-corrected chi connectivity index (χ2v) is 11.9. The smallest absolute Gasteiger partial charge is 0.340 e. The number of carboxylic acid groups (broad SMARTS) is 1. The van der Waals surface area contributed by atoms with Gasteiger partial charge in [0.1, 0.15) is 5.75 Å². The van der Waals surface area contributed by atoms with Crippen LogP contribution in [0.2, 0.25) is 5.02 Å². The van der Waals surface area contributed by atoms with E-state index in [9.17, 15) is 15.0 Å². The topological polar surface area (TPSA) is 73.2 Å². The minimum absolute atomic E-state index is 0.0970. The van der Waals surface area contributed by atoms with Crippen molar-refractivity contribution in [2.45, 2.75) is 62.4 Å². The molecule has 5 rings (SSSR count). The number of rotatable bonds is 1. The van der Waals surface area contributed by atoms with Crippen LogP contribution in [0.5, 0.6) is 5.75 Å². The van der Waals surface area contributed by atoms with Gasteiger partial charge in [-0.15, -0.1) is 0 Å². The number of benzene rings is 2. The summed E-state index contributed by atoms with van der Waals surface area (Å²) in [5, 5.41) is 22.6. The maximum atomic E-state index is 12.5. The molecule has 7 heteroatoms. The minimum Gasteiger partial charge on any atom is -0.490 e. The van der Waals surface area contributed by atoms with Crippen LogP contribution in [0.15, 0.2) is 60.8 Å². The fourth-order valence-corrected chi connectivity index (χ4v) is 6.56. The Morgan fingerprint density at radius 2 is 1.90 bits per heavy atom. The number of anilines is 1. The number of nitrogens with zero attached hydrogens (tertiary/aromatic N) is 2. The maximum Gasteiger partial charge on any atom is 0.340 e. The minimum atomic E-state index is -2.10. The Morgan fingerprint density at radius 3 is 2.72 bits per heavy atom. The third-order valence-electron chi connectivity index (χ3n) is 8.71. The van der Waals surface area contributed by atoms with E-state index in [1.807, 2.05) is 30.1 Å². The number of hydrogen-bond donors (Lipinski definition) is 2. The molecule has 1 spiro atoms. The van der Waals surface area contributed by atoms with E-state index in [2.05, 4.69) is 35.8 Å². The van der Waals surface area contributed by atoms with Crippen molar-refractivity contribution < 1.29 is 19.7 Å². The predicted molar refractivity (Wildman–Crippen MR) is 156 cm³/mol. The third kappa shape index (κ3) is 5.55. The molecule has 2 heterocycles. The number of halogens is 1. The van der Waals surface area contributed by atoms with Crippen molar-refractivity contribution >= 4 is 23.3 Å². The largest absolute Gasteiger partial charge is 0.490 e. The summed E-state index contributed by atoms with van der Waals surface area (Å²) >= 11 is 6.37. The van der Waals surface area contributed by atoms with Gasteiger partial charge in [0.05, 0.1) is 12.3 Å². The molecule has 2 bridgehead atoms. The zero-order valence-corrected chi connectivity index (χ0v) is 23.6. The monoisotopic (exact) mass is 550 g/mol. The van der Waals surface area contributed by atoms with Crippen molar-refractivity contribution in [1.82, 2.24) is 4.90 Å². The summed E-state index contributed by atoms with van der Waals surface area (Å²) in [7, 11) is 1.89. The SMILES string of the molecule is C=C1C[C@](O)(C(=O)O)c2ccc3c(c2)N(CCCC/C=C\CCN1C)C[C@@]1(CCCc2cc(Cl)ccc21)CO3. The average Bonchev–Trinajstić information content (AvgIpc) is 3.06. The molecule has 0 saturated heterocycles. The van der Waals surface area contributed by atoms with Crippen LogP contribution in [0, 0.1) is 0 Å². The molecule has 2 atom stereocenters. The van der Waals surface area contributed by atoms with Crippen molar-refractivity contribution in [3.8, 4) is 5.75 Å². The number of carbonyl (C=O) groups is 1. The van der Waals surface area contributed by atoms with Crippen LogP contribution < -0.4 is 9.64 Å². The zero-order valence-electron chi connectivity index (χ0n) is 22.8. The molecule has 2 aromatic rings. The van der Waals surface area contributed by atoms with Gasteiger partial charge in [-0.1, -0.05) is 42.5 Å². The molecule has 2 N–H and O–H groups in total. The Kier molecular flexibility index (Phi) is 7.97. The molecule has 2 aliphatic heterocycles. The Labute approximate surface area is 236 Å². The number of aryl methyl sites for hydroxylation is 1. The van der Waals surface area contributed by atoms with E-state index in [4.69, 9.17) is 16.3 Å². The molecule has 0 fully saturated rings. The Balaban J connectivity index is 1.57. The van der Waals surface area contributed by atoms with Crippen LogP contribution in [0.1, 0.15) is 61.6 Å². The zero-order chi connectivity index (χ0) is 27.6. The highest BCUT2D eigenvalue weighted by molar-refractivity contribution is 6.30. The second-order valence-electron chi connectivity index (χ2n) is 11.4. The first-order valence-corrected chi connectivity index (χ1v) is 14.4. The number of ether oxygens (including phenoxy) is 1. The molecule has 1 aliphatic carbocycles. The summed E-state index contributed by atoms with van der Waals surface area (Å²) in [4.78, 5) is 16.8. The molecule has 0 radical (unpaired) electrons. The molecule has 0 unspecified atom stereocenters. The van der Waals surface area contributed by atoms with Gasteiger partial charge in [-0.3, -0.25) is 0 Å². The Morgan fingerprint density at radius 1 is 1.08 bits per heavy atom. The van der Waals surface area contributed by atoms with Crippen LogP contribution in [-0.2, 0) is 22.2 Å². The van der Waals surface area contributed by atoms with Gasteiger partial charge in [0.25, 0.3) is 0 Å². The van der Waals surface area contributed by atoms with Crippen molar-refractivity contribution in [2.75, 3.05) is 38.2 Å². The van der Waals surface area contributed by atoms with Crippen LogP contribution >= 0.6 is 11.6 Å². The molecule has 0 aromatic heterocycles. The predicted octanol–water partition coefficient (Wildman–Crippen LogP) is 6.05. The standard InChI is InChI=1S/C32H39ClN2O4/c1-23-20-32(38,30(36)37)25-11-14-29-28(19-25)35(17-8-6-4-3-5-7-16-34(23)2)21-31(22-39-29)15-9-10-24-18-26(33)12-13-27(24)31/h3,5,11-14,18-19,38H,1,4,6-10,15-17,20-22H2,2H3,(H,36,37)/b5-3-/t31-,32+/m0/s1. The van der Waals surface area contributed by atoms with E-state index in [-0.39, 0.29) is 11.8 Å². The fourth-order valence-electron chi connectivity index (χ4n) is 6.37. The van der Waals surface area contributed by atoms with Gasteiger partial charge in [-0.2, -0.15) is 0 Å². The van der Waals surface area contributed by atoms with E-state index in [0.717, 1.165) is 74.5 Å². The summed E-state index contributed by atoms with van der Waals surface area (Å²) in [5.41, 5.74) is 2.05. The van der Waals surface area contributed by atoms with Gasteiger partial charge in [0.2, 0.25) is 0 Å². The third-order valence-corrected chi connectivity index (χ3v) is 8.95. The van der Waals surface area contributed by atoms with Gasteiger partial charge < -0.3 is 24.7 Å². The quantitative estimate of drug-likeness (QED) is 0.421. The lowest BCUT2D eigenvalue weighted by Gasteiger charge is -2.41. The molecular weight excluding hydrogens is 512 g/mol. The number of hydrogen-bond acceptors (Lipinski definition) is 5. The van der Waals surface area contributed by atoms with Gasteiger partial charge in [-0.25, -0.2) is 4.79 Å². The normalized spacial score (nSPS) is 26.9. The van der Waals surface area contributed by atoms with Gasteiger partial charge in [-0.05, 0) is 85.9 Å². The van der Waals surface area contributed by atoms with Gasteiger partial charge >= 0.3 is 5.97 Å². The molecule has 2 aromatic carbocycles. The Hall–Kier alpha value is -2.96. The summed E-state index contributed by atoms with van der Waals surface area (Å²) < 4.78 is 6.52. The van der Waals surface area contributed by atoms with Crippen LogP contribution in [-0.4, -0.2) is 54.4 Å². The summed E-state index contributed by atoms with van der Waals surface area (Å²) in [6, 6.07) is 11.6. The lowest BCUT2D eigenvalue weighted by atomic mass is 9.70. The maximum absolute atomic E-state index is 12.5. The summed E-state index contributed by atoms with van der Waals surface area (Å²) in [5.74, 6) is -0.560. The highest BCUT2D eigenvalue weighted by Crippen LogP contribution is 2.45. The number of fused-ring (bicyclic) bond motifs is 3. The number of aliphatic carboxylic acids is 1. The summed E-state index contributed by atoms with van der Waals surface area (Å²) in [6.07, 6.45) is 11.3.